The number of benzene rings is 1. The van der Waals surface area contributed by atoms with Crippen LogP contribution in [0.25, 0.3) is 0 Å². The van der Waals surface area contributed by atoms with E-state index in [9.17, 15) is 9.90 Å². The van der Waals surface area contributed by atoms with Crippen molar-refractivity contribution in [2.45, 2.75) is 33.4 Å². The van der Waals surface area contributed by atoms with Crippen LogP contribution in [0.3, 0.4) is 0 Å². The first-order valence-electron chi connectivity index (χ1n) is 7.28. The Labute approximate surface area is 134 Å². The Hall–Kier alpha value is -2.41. The van der Waals surface area contributed by atoms with E-state index in [0.717, 1.165) is 5.82 Å². The van der Waals surface area contributed by atoms with Crippen LogP contribution in [0.2, 0.25) is 0 Å². The predicted molar refractivity (Wildman–Crippen MR) is 84.0 cm³/mol. The lowest BCUT2D eigenvalue weighted by atomic mass is 10.1. The Balaban J connectivity index is 1.99. The van der Waals surface area contributed by atoms with Gasteiger partial charge in [-0.05, 0) is 39.0 Å². The summed E-state index contributed by atoms with van der Waals surface area (Å²) >= 11 is 0. The highest BCUT2D eigenvalue weighted by Gasteiger charge is 2.13. The Morgan fingerprint density at radius 1 is 1.35 bits per heavy atom. The number of hydrogen-bond donors (Lipinski definition) is 1. The van der Waals surface area contributed by atoms with Crippen molar-refractivity contribution in [2.24, 2.45) is 0 Å². The van der Waals surface area contributed by atoms with E-state index in [-0.39, 0.29) is 12.4 Å². The predicted octanol–water partition coefficient (Wildman–Crippen LogP) is 1.55. The third-order valence-corrected chi connectivity index (χ3v) is 3.35. The molecule has 0 unspecified atom stereocenters. The molecule has 7 heteroatoms. The van der Waals surface area contributed by atoms with Gasteiger partial charge < -0.3 is 14.6 Å². The number of methoxy groups -OCH3 is 1. The molecular weight excluding hydrogens is 298 g/mol. The van der Waals surface area contributed by atoms with Gasteiger partial charge in [-0.2, -0.15) is 5.10 Å². The minimum atomic E-state index is -0.744. The summed E-state index contributed by atoms with van der Waals surface area (Å²) in [5, 5.41) is 14.3. The molecule has 23 heavy (non-hydrogen) atoms. The molecule has 2 aromatic rings. The largest absolute Gasteiger partial charge is 0.493 e. The van der Waals surface area contributed by atoms with Crippen molar-refractivity contribution < 1.29 is 19.4 Å². The maximum Gasteiger partial charge on any atom is 0.161 e. The van der Waals surface area contributed by atoms with Crippen LogP contribution in [0.4, 0.5) is 0 Å². The molecule has 124 valence electrons. The summed E-state index contributed by atoms with van der Waals surface area (Å²) in [4.78, 5) is 15.6. The van der Waals surface area contributed by atoms with Crippen LogP contribution in [0.1, 0.15) is 28.9 Å². The second-order valence-corrected chi connectivity index (χ2v) is 5.27. The van der Waals surface area contributed by atoms with Crippen LogP contribution in [-0.4, -0.2) is 45.5 Å². The van der Waals surface area contributed by atoms with Crippen LogP contribution in [0.15, 0.2) is 18.2 Å². The second kappa shape index (κ2) is 7.23. The lowest BCUT2D eigenvalue weighted by molar-refractivity contribution is 0.0870. The van der Waals surface area contributed by atoms with Gasteiger partial charge in [0.2, 0.25) is 0 Å². The summed E-state index contributed by atoms with van der Waals surface area (Å²) in [5.41, 5.74) is 0.545. The number of Topliss-reactive ketones (excluding diaryl/α,β-unsaturated/α-hetero) is 1. The van der Waals surface area contributed by atoms with Crippen LogP contribution in [-0.2, 0) is 6.54 Å². The standard InChI is InChI=1S/C16H21N3O4/c1-10(20)13-5-6-15(16(7-13)22-4)23-9-14(21)8-19-12(3)17-11(2)18-19/h5-7,14,21H,8-9H2,1-4H3/t14-/m0/s1. The number of hydrogen-bond acceptors (Lipinski definition) is 6. The molecular formula is C16H21N3O4. The van der Waals surface area contributed by atoms with Gasteiger partial charge in [-0.15, -0.1) is 0 Å². The molecule has 1 heterocycles. The smallest absolute Gasteiger partial charge is 0.161 e. The molecule has 0 saturated heterocycles. The summed E-state index contributed by atoms with van der Waals surface area (Å²) in [6.45, 7) is 5.49. The Morgan fingerprint density at radius 3 is 2.65 bits per heavy atom. The fourth-order valence-electron chi connectivity index (χ4n) is 2.18. The molecule has 0 radical (unpaired) electrons. The minimum Gasteiger partial charge on any atom is -0.493 e. The first kappa shape index (κ1) is 17.0. The topological polar surface area (TPSA) is 86.5 Å². The highest BCUT2D eigenvalue weighted by atomic mass is 16.5. The van der Waals surface area contributed by atoms with E-state index in [4.69, 9.17) is 9.47 Å². The highest BCUT2D eigenvalue weighted by molar-refractivity contribution is 5.94. The first-order valence-corrected chi connectivity index (χ1v) is 7.28. The number of ketones is 1. The van der Waals surface area contributed by atoms with Crippen molar-refractivity contribution in [3.05, 3.63) is 35.4 Å². The number of nitrogens with zero attached hydrogens (tertiary/aromatic N) is 3. The van der Waals surface area contributed by atoms with Gasteiger partial charge >= 0.3 is 0 Å². The lowest BCUT2D eigenvalue weighted by Gasteiger charge is -2.15. The lowest BCUT2D eigenvalue weighted by Crippen LogP contribution is -2.25. The van der Waals surface area contributed by atoms with Crippen LogP contribution in [0, 0.1) is 13.8 Å². The van der Waals surface area contributed by atoms with Crippen molar-refractivity contribution >= 4 is 5.78 Å². The number of aliphatic hydroxyl groups is 1. The summed E-state index contributed by atoms with van der Waals surface area (Å²) in [7, 11) is 1.50. The monoisotopic (exact) mass is 319 g/mol. The average molecular weight is 319 g/mol. The highest BCUT2D eigenvalue weighted by Crippen LogP contribution is 2.28. The van der Waals surface area contributed by atoms with E-state index < -0.39 is 6.10 Å². The van der Waals surface area contributed by atoms with Gasteiger partial charge in [-0.25, -0.2) is 9.67 Å². The van der Waals surface area contributed by atoms with Gasteiger partial charge in [0.15, 0.2) is 17.3 Å². The molecule has 7 nitrogen and oxygen atoms in total. The Morgan fingerprint density at radius 2 is 2.09 bits per heavy atom. The van der Waals surface area contributed by atoms with E-state index >= 15 is 0 Å². The zero-order chi connectivity index (χ0) is 17.0. The van der Waals surface area contributed by atoms with Crippen molar-refractivity contribution in [3.8, 4) is 11.5 Å². The number of aryl methyl sites for hydroxylation is 2. The molecule has 0 spiro atoms. The molecule has 2 rings (SSSR count). The van der Waals surface area contributed by atoms with Gasteiger partial charge in [-0.1, -0.05) is 0 Å². The number of ether oxygens (including phenoxy) is 2. The SMILES string of the molecule is COc1cc(C(C)=O)ccc1OC[C@@H](O)Cn1nc(C)nc1C. The fourth-order valence-corrected chi connectivity index (χ4v) is 2.18. The third kappa shape index (κ3) is 4.29. The van der Waals surface area contributed by atoms with Crippen molar-refractivity contribution in [1.29, 1.82) is 0 Å². The maximum absolute atomic E-state index is 11.4. The summed E-state index contributed by atoms with van der Waals surface area (Å²) in [6.07, 6.45) is -0.744. The van der Waals surface area contributed by atoms with Crippen LogP contribution in [0.5, 0.6) is 11.5 Å². The van der Waals surface area contributed by atoms with Gasteiger partial charge in [0, 0.05) is 5.56 Å². The van der Waals surface area contributed by atoms with E-state index in [1.165, 1.54) is 14.0 Å². The normalized spacial score (nSPS) is 12.0. The third-order valence-electron chi connectivity index (χ3n) is 3.35. The zero-order valence-electron chi connectivity index (χ0n) is 13.7. The molecule has 0 aliphatic carbocycles. The van der Waals surface area contributed by atoms with Gasteiger partial charge in [-0.3, -0.25) is 4.79 Å². The Bertz CT molecular complexity index is 697. The van der Waals surface area contributed by atoms with Crippen molar-refractivity contribution in [1.82, 2.24) is 14.8 Å². The number of aromatic nitrogens is 3. The Kier molecular flexibility index (Phi) is 5.33. The molecule has 1 N–H and O–H groups in total. The zero-order valence-corrected chi connectivity index (χ0v) is 13.7. The molecule has 0 bridgehead atoms. The number of carbonyl (C=O) groups excluding carboxylic acids is 1. The molecule has 1 atom stereocenters. The fraction of sp³-hybridized carbons (Fsp3) is 0.438. The average Bonchev–Trinajstić information content (AvgIpc) is 2.82. The van der Waals surface area contributed by atoms with Gasteiger partial charge in [0.05, 0.1) is 13.7 Å². The van der Waals surface area contributed by atoms with E-state index in [1.807, 2.05) is 6.92 Å². The first-order chi connectivity index (χ1) is 10.9. The second-order valence-electron chi connectivity index (χ2n) is 5.27. The molecule has 0 saturated carbocycles. The molecule has 0 fully saturated rings. The van der Waals surface area contributed by atoms with Crippen molar-refractivity contribution in [2.75, 3.05) is 13.7 Å². The van der Waals surface area contributed by atoms with Crippen LogP contribution >= 0.6 is 0 Å². The summed E-state index contributed by atoms with van der Waals surface area (Å²) in [5.74, 6) is 2.29. The number of carbonyl (C=O) groups is 1. The quantitative estimate of drug-likeness (QED) is 0.779. The molecule has 1 aromatic heterocycles. The molecule has 1 aromatic carbocycles. The molecule has 0 aliphatic rings. The summed E-state index contributed by atoms with van der Waals surface area (Å²) in [6, 6.07) is 4.94. The molecule has 0 aliphatic heterocycles. The van der Waals surface area contributed by atoms with Gasteiger partial charge in [0.1, 0.15) is 24.4 Å². The number of aliphatic hydroxyl groups excluding tert-OH is 1. The number of rotatable bonds is 7. The minimum absolute atomic E-state index is 0.0492. The van der Waals surface area contributed by atoms with Crippen LogP contribution < -0.4 is 9.47 Å². The van der Waals surface area contributed by atoms with E-state index in [2.05, 4.69) is 10.1 Å². The maximum atomic E-state index is 11.4. The van der Waals surface area contributed by atoms with E-state index in [1.54, 1.807) is 29.8 Å². The molecule has 0 amide bonds. The van der Waals surface area contributed by atoms with Gasteiger partial charge in [0.25, 0.3) is 0 Å². The van der Waals surface area contributed by atoms with Crippen molar-refractivity contribution in [3.63, 3.8) is 0 Å². The van der Waals surface area contributed by atoms with E-state index in [0.29, 0.717) is 29.4 Å². The summed E-state index contributed by atoms with van der Waals surface area (Å²) < 4.78 is 12.5.